The molecule has 0 fully saturated rings. The van der Waals surface area contributed by atoms with Crippen LogP contribution in [-0.4, -0.2) is 25.5 Å². The van der Waals surface area contributed by atoms with E-state index in [-0.39, 0.29) is 11.8 Å². The van der Waals surface area contributed by atoms with E-state index >= 15 is 0 Å². The van der Waals surface area contributed by atoms with Gasteiger partial charge in [0.15, 0.2) is 0 Å². The Balaban J connectivity index is 1.38. The number of halogens is 1. The summed E-state index contributed by atoms with van der Waals surface area (Å²) in [6, 6.07) is 31.7. The molecule has 0 heterocycles. The average Bonchev–Trinajstić information content (AvgIpc) is 2.90. The molecule has 35 heavy (non-hydrogen) atoms. The second-order valence-corrected chi connectivity index (χ2v) is 8.82. The number of carbonyl (C=O) groups is 2. The minimum atomic E-state index is -0.275. The molecule has 0 atom stereocenters. The maximum absolute atomic E-state index is 12.9. The number of amides is 2. The van der Waals surface area contributed by atoms with Gasteiger partial charge in [-0.25, -0.2) is 0 Å². The van der Waals surface area contributed by atoms with Crippen molar-refractivity contribution in [3.63, 3.8) is 0 Å². The summed E-state index contributed by atoms with van der Waals surface area (Å²) in [6.45, 7) is 0.534. The fraction of sp³-hybridized carbons (Fsp3) is 0.103. The van der Waals surface area contributed by atoms with Gasteiger partial charge in [0.1, 0.15) is 5.75 Å². The van der Waals surface area contributed by atoms with Crippen LogP contribution in [0.2, 0.25) is 0 Å². The minimum absolute atomic E-state index is 0.160. The van der Waals surface area contributed by atoms with E-state index in [1.807, 2.05) is 48.5 Å². The van der Waals surface area contributed by atoms with Crippen LogP contribution in [0.1, 0.15) is 26.3 Å². The summed E-state index contributed by atoms with van der Waals surface area (Å²) in [5.74, 6) is 0.239. The summed E-state index contributed by atoms with van der Waals surface area (Å²) in [5, 5.41) is 2.87. The monoisotopic (exact) mass is 528 g/mol. The number of ether oxygens (including phenoxy) is 1. The Morgan fingerprint density at radius 2 is 1.54 bits per heavy atom. The standard InChI is InChI=1S/C29H25BrN2O3/c1-32(25-13-6-3-7-14-25)29(34)23-11-8-12-24(19-23)31-28(33)22-15-16-27(26(30)20-22)35-18-17-21-9-4-2-5-10-21/h2-16,19-20H,17-18H2,1H3,(H,31,33). The molecule has 5 nitrogen and oxygen atoms in total. The molecule has 0 aliphatic rings. The fourth-order valence-corrected chi connectivity index (χ4v) is 4.07. The summed E-state index contributed by atoms with van der Waals surface area (Å²) in [6.07, 6.45) is 0.796. The summed E-state index contributed by atoms with van der Waals surface area (Å²) in [7, 11) is 1.73. The number of nitrogens with zero attached hydrogens (tertiary/aromatic N) is 1. The molecule has 0 saturated carbocycles. The smallest absolute Gasteiger partial charge is 0.258 e. The Labute approximate surface area is 213 Å². The zero-order chi connectivity index (χ0) is 24.6. The topological polar surface area (TPSA) is 58.6 Å². The van der Waals surface area contributed by atoms with Gasteiger partial charge in [0.05, 0.1) is 11.1 Å². The van der Waals surface area contributed by atoms with Gasteiger partial charge in [-0.05, 0) is 70.0 Å². The first-order chi connectivity index (χ1) is 17.0. The van der Waals surface area contributed by atoms with Crippen molar-refractivity contribution < 1.29 is 14.3 Å². The predicted octanol–water partition coefficient (Wildman–Crippen LogP) is 6.60. The molecule has 4 aromatic carbocycles. The van der Waals surface area contributed by atoms with Crippen molar-refractivity contribution >= 4 is 39.1 Å². The van der Waals surface area contributed by atoms with Gasteiger partial charge in [0, 0.05) is 36.0 Å². The van der Waals surface area contributed by atoms with Gasteiger partial charge in [-0.1, -0.05) is 54.6 Å². The van der Waals surface area contributed by atoms with Crippen LogP contribution < -0.4 is 15.0 Å². The molecule has 0 aliphatic heterocycles. The summed E-state index contributed by atoms with van der Waals surface area (Å²) in [5.41, 5.74) is 3.50. The number of rotatable bonds is 8. The molecule has 0 aliphatic carbocycles. The minimum Gasteiger partial charge on any atom is -0.492 e. The van der Waals surface area contributed by atoms with Crippen molar-refractivity contribution in [1.29, 1.82) is 0 Å². The summed E-state index contributed by atoms with van der Waals surface area (Å²) >= 11 is 3.50. The molecule has 0 unspecified atom stereocenters. The second-order valence-electron chi connectivity index (χ2n) is 7.96. The van der Waals surface area contributed by atoms with Crippen LogP contribution in [0.3, 0.4) is 0 Å². The normalized spacial score (nSPS) is 10.5. The number of benzene rings is 4. The number of hydrogen-bond acceptors (Lipinski definition) is 3. The third kappa shape index (κ3) is 6.37. The maximum Gasteiger partial charge on any atom is 0.258 e. The molecule has 0 saturated heterocycles. The molecule has 0 spiro atoms. The Bertz CT molecular complexity index is 1310. The van der Waals surface area contributed by atoms with Crippen molar-refractivity contribution in [3.05, 3.63) is 124 Å². The number of anilines is 2. The van der Waals surface area contributed by atoms with Crippen molar-refractivity contribution in [1.82, 2.24) is 0 Å². The van der Waals surface area contributed by atoms with Crippen molar-refractivity contribution in [2.24, 2.45) is 0 Å². The molecular weight excluding hydrogens is 504 g/mol. The van der Waals surface area contributed by atoms with E-state index in [0.717, 1.165) is 12.1 Å². The highest BCUT2D eigenvalue weighted by atomic mass is 79.9. The molecular formula is C29H25BrN2O3. The highest BCUT2D eigenvalue weighted by molar-refractivity contribution is 9.10. The predicted molar refractivity (Wildman–Crippen MR) is 143 cm³/mol. The van der Waals surface area contributed by atoms with Crippen LogP contribution in [-0.2, 0) is 6.42 Å². The van der Waals surface area contributed by atoms with Crippen molar-refractivity contribution in [2.45, 2.75) is 6.42 Å². The molecule has 0 bridgehead atoms. The van der Waals surface area contributed by atoms with Gasteiger partial charge < -0.3 is 15.0 Å². The Morgan fingerprint density at radius 3 is 2.26 bits per heavy atom. The molecule has 6 heteroatoms. The van der Waals surface area contributed by atoms with Crippen LogP contribution in [0.4, 0.5) is 11.4 Å². The Hall–Kier alpha value is -3.90. The van der Waals surface area contributed by atoms with Crippen LogP contribution in [0.25, 0.3) is 0 Å². The van der Waals surface area contributed by atoms with Crippen LogP contribution in [0.15, 0.2) is 108 Å². The second kappa shape index (κ2) is 11.5. The number of nitrogens with one attached hydrogen (secondary N) is 1. The largest absolute Gasteiger partial charge is 0.492 e. The van der Waals surface area contributed by atoms with Gasteiger partial charge in [-0.3, -0.25) is 9.59 Å². The maximum atomic E-state index is 12.9. The van der Waals surface area contributed by atoms with E-state index in [1.54, 1.807) is 54.4 Å². The van der Waals surface area contributed by atoms with Gasteiger partial charge >= 0.3 is 0 Å². The van der Waals surface area contributed by atoms with Gasteiger partial charge in [-0.2, -0.15) is 0 Å². The summed E-state index contributed by atoms with van der Waals surface area (Å²) in [4.78, 5) is 27.3. The quantitative estimate of drug-likeness (QED) is 0.280. The highest BCUT2D eigenvalue weighted by Crippen LogP contribution is 2.27. The molecule has 1 N–H and O–H groups in total. The molecule has 176 valence electrons. The first kappa shape index (κ1) is 24.2. The van der Waals surface area contributed by atoms with Crippen LogP contribution in [0, 0.1) is 0 Å². The van der Waals surface area contributed by atoms with E-state index < -0.39 is 0 Å². The molecule has 2 amide bonds. The average molecular weight is 529 g/mol. The summed E-state index contributed by atoms with van der Waals surface area (Å²) < 4.78 is 6.57. The Morgan fingerprint density at radius 1 is 0.829 bits per heavy atom. The van der Waals surface area contributed by atoms with E-state index in [0.29, 0.717) is 33.6 Å². The highest BCUT2D eigenvalue weighted by Gasteiger charge is 2.15. The first-order valence-electron chi connectivity index (χ1n) is 11.2. The van der Waals surface area contributed by atoms with Gasteiger partial charge in [-0.15, -0.1) is 0 Å². The molecule has 0 aromatic heterocycles. The zero-order valence-corrected chi connectivity index (χ0v) is 20.9. The van der Waals surface area contributed by atoms with E-state index in [2.05, 4.69) is 33.4 Å². The van der Waals surface area contributed by atoms with Crippen LogP contribution >= 0.6 is 15.9 Å². The number of para-hydroxylation sites is 1. The van der Waals surface area contributed by atoms with Gasteiger partial charge in [0.25, 0.3) is 11.8 Å². The SMILES string of the molecule is CN(C(=O)c1cccc(NC(=O)c2ccc(OCCc3ccccc3)c(Br)c2)c1)c1ccccc1. The molecule has 4 aromatic rings. The van der Waals surface area contributed by atoms with Crippen LogP contribution in [0.5, 0.6) is 5.75 Å². The molecule has 0 radical (unpaired) electrons. The lowest BCUT2D eigenvalue weighted by Gasteiger charge is -2.17. The van der Waals surface area contributed by atoms with Gasteiger partial charge in [0.2, 0.25) is 0 Å². The molecule has 4 rings (SSSR count). The van der Waals surface area contributed by atoms with E-state index in [1.165, 1.54) is 5.56 Å². The fourth-order valence-electron chi connectivity index (χ4n) is 3.58. The van der Waals surface area contributed by atoms with Crippen molar-refractivity contribution in [3.8, 4) is 5.75 Å². The third-order valence-corrected chi connectivity index (χ3v) is 6.12. The lowest BCUT2D eigenvalue weighted by molar-refractivity contribution is 0.0990. The van der Waals surface area contributed by atoms with Crippen molar-refractivity contribution in [2.75, 3.05) is 23.9 Å². The number of hydrogen-bond donors (Lipinski definition) is 1. The lowest BCUT2D eigenvalue weighted by atomic mass is 10.1. The van der Waals surface area contributed by atoms with E-state index in [4.69, 9.17) is 4.74 Å². The lowest BCUT2D eigenvalue weighted by Crippen LogP contribution is -2.26. The Kier molecular flexibility index (Phi) is 7.95. The zero-order valence-electron chi connectivity index (χ0n) is 19.3. The third-order valence-electron chi connectivity index (χ3n) is 5.50. The van der Waals surface area contributed by atoms with E-state index in [9.17, 15) is 9.59 Å². The number of carbonyl (C=O) groups excluding carboxylic acids is 2. The first-order valence-corrected chi connectivity index (χ1v) is 12.0.